The van der Waals surface area contributed by atoms with Crippen molar-refractivity contribution >= 4 is 39.2 Å². The fraction of sp³-hybridized carbons (Fsp3) is 0.500. The summed E-state index contributed by atoms with van der Waals surface area (Å²) >= 11 is 9.28. The molecule has 0 aliphatic heterocycles. The molecule has 1 atom stereocenters. The van der Waals surface area contributed by atoms with Crippen LogP contribution in [0.1, 0.15) is 12.8 Å². The van der Waals surface area contributed by atoms with Crippen LogP contribution in [0.15, 0.2) is 16.9 Å². The number of halogens is 2. The summed E-state index contributed by atoms with van der Waals surface area (Å²) in [5, 5.41) is 12.9. The summed E-state index contributed by atoms with van der Waals surface area (Å²) in [6, 6.07) is -0.318. The van der Waals surface area contributed by atoms with Gasteiger partial charge in [0.25, 0.3) is 0 Å². The molecular formula is C12H15BrClN3O2. The number of aliphatic hydroxyl groups excluding tert-OH is 1. The molecule has 1 aromatic heterocycles. The van der Waals surface area contributed by atoms with Crippen molar-refractivity contribution < 1.29 is 9.90 Å². The fourth-order valence-electron chi connectivity index (χ4n) is 1.71. The third kappa shape index (κ3) is 3.81. The summed E-state index contributed by atoms with van der Waals surface area (Å²) in [6.07, 6.45) is 4.66. The van der Waals surface area contributed by atoms with Crippen molar-refractivity contribution in [2.75, 3.05) is 18.9 Å². The van der Waals surface area contributed by atoms with E-state index in [1.807, 2.05) is 0 Å². The Bertz CT molecular complexity index is 482. The highest BCUT2D eigenvalue weighted by atomic mass is 79.9. The number of pyridine rings is 1. The lowest BCUT2D eigenvalue weighted by molar-refractivity contribution is 0.117. The molecule has 0 saturated heterocycles. The van der Waals surface area contributed by atoms with E-state index in [4.69, 9.17) is 11.6 Å². The third-order valence-corrected chi connectivity index (χ3v) is 4.29. The first kappa shape index (κ1) is 14.6. The lowest BCUT2D eigenvalue weighted by atomic mass is 10.2. The van der Waals surface area contributed by atoms with E-state index < -0.39 is 6.10 Å². The minimum absolute atomic E-state index is 0.315. The number of nitrogens with one attached hydrogen (secondary N) is 1. The number of amides is 2. The van der Waals surface area contributed by atoms with Crippen LogP contribution in [-0.2, 0) is 0 Å². The smallest absolute Gasteiger partial charge is 0.321 e. The first-order chi connectivity index (χ1) is 8.99. The SMILES string of the molecule is CN(CC(O)C1CC1)C(=O)Nc1cncc(Br)c1Cl. The molecule has 1 fully saturated rings. The lowest BCUT2D eigenvalue weighted by Crippen LogP contribution is -2.38. The average Bonchev–Trinajstić information content (AvgIpc) is 3.18. The van der Waals surface area contributed by atoms with E-state index in [9.17, 15) is 9.90 Å². The molecule has 1 aromatic rings. The van der Waals surface area contributed by atoms with Crippen LogP contribution < -0.4 is 5.32 Å². The van der Waals surface area contributed by atoms with Crippen LogP contribution in [-0.4, -0.2) is 40.7 Å². The second kappa shape index (κ2) is 6.07. The second-order valence-electron chi connectivity index (χ2n) is 4.70. The van der Waals surface area contributed by atoms with E-state index in [0.717, 1.165) is 12.8 Å². The summed E-state index contributed by atoms with van der Waals surface area (Å²) < 4.78 is 0.618. The molecule has 104 valence electrons. The average molecular weight is 349 g/mol. The van der Waals surface area contributed by atoms with Gasteiger partial charge >= 0.3 is 6.03 Å². The summed E-state index contributed by atoms with van der Waals surface area (Å²) in [5.74, 6) is 0.339. The molecule has 5 nitrogen and oxygen atoms in total. The number of likely N-dealkylation sites (N-methyl/N-ethyl adjacent to an activating group) is 1. The van der Waals surface area contributed by atoms with Gasteiger partial charge in [-0.05, 0) is 34.7 Å². The van der Waals surface area contributed by atoms with Gasteiger partial charge in [-0.1, -0.05) is 11.6 Å². The third-order valence-electron chi connectivity index (χ3n) is 3.05. The van der Waals surface area contributed by atoms with Gasteiger partial charge in [-0.2, -0.15) is 0 Å². The van der Waals surface area contributed by atoms with Crippen molar-refractivity contribution in [3.63, 3.8) is 0 Å². The van der Waals surface area contributed by atoms with Crippen molar-refractivity contribution in [1.82, 2.24) is 9.88 Å². The molecule has 1 heterocycles. The maximum absolute atomic E-state index is 12.0. The number of aromatic nitrogens is 1. The Morgan fingerprint density at radius 3 is 3.00 bits per heavy atom. The van der Waals surface area contributed by atoms with E-state index in [0.29, 0.717) is 27.6 Å². The Balaban J connectivity index is 1.94. The summed E-state index contributed by atoms with van der Waals surface area (Å²) in [7, 11) is 1.64. The summed E-state index contributed by atoms with van der Waals surface area (Å²) in [6.45, 7) is 0.315. The van der Waals surface area contributed by atoms with Crippen LogP contribution >= 0.6 is 27.5 Å². The zero-order valence-electron chi connectivity index (χ0n) is 10.4. The molecule has 2 rings (SSSR count). The van der Waals surface area contributed by atoms with Gasteiger partial charge in [0.15, 0.2) is 0 Å². The van der Waals surface area contributed by atoms with Crippen molar-refractivity contribution in [2.24, 2.45) is 5.92 Å². The van der Waals surface area contributed by atoms with Crippen molar-refractivity contribution in [1.29, 1.82) is 0 Å². The van der Waals surface area contributed by atoms with E-state index in [-0.39, 0.29) is 6.03 Å². The normalized spacial score (nSPS) is 16.0. The maximum Gasteiger partial charge on any atom is 0.321 e. The van der Waals surface area contributed by atoms with Gasteiger partial charge < -0.3 is 15.3 Å². The van der Waals surface area contributed by atoms with Crippen LogP contribution in [0.25, 0.3) is 0 Å². The van der Waals surface area contributed by atoms with E-state index >= 15 is 0 Å². The molecular weight excluding hydrogens is 334 g/mol. The molecule has 0 spiro atoms. The van der Waals surface area contributed by atoms with Gasteiger partial charge in [0, 0.05) is 19.8 Å². The highest BCUT2D eigenvalue weighted by molar-refractivity contribution is 9.10. The van der Waals surface area contributed by atoms with Gasteiger partial charge in [-0.25, -0.2) is 4.79 Å². The van der Waals surface area contributed by atoms with E-state index in [1.54, 1.807) is 13.2 Å². The number of aliphatic hydroxyl groups is 1. The van der Waals surface area contributed by atoms with Gasteiger partial charge in [-0.15, -0.1) is 0 Å². The minimum atomic E-state index is -0.452. The number of anilines is 1. The monoisotopic (exact) mass is 347 g/mol. The number of urea groups is 1. The van der Waals surface area contributed by atoms with Gasteiger partial charge in [0.1, 0.15) is 0 Å². The zero-order valence-corrected chi connectivity index (χ0v) is 12.8. The molecule has 1 unspecified atom stereocenters. The fourth-order valence-corrected chi connectivity index (χ4v) is 2.19. The molecule has 1 aliphatic carbocycles. The standard InChI is InChI=1S/C12H15BrClN3O2/c1-17(6-10(18)7-2-3-7)12(19)16-9-5-15-4-8(13)11(9)14/h4-5,7,10,18H,2-3,6H2,1H3,(H,16,19). The van der Waals surface area contributed by atoms with Crippen molar-refractivity contribution in [3.05, 3.63) is 21.9 Å². The Labute approximate surface area is 125 Å². The highest BCUT2D eigenvalue weighted by Gasteiger charge is 2.31. The van der Waals surface area contributed by atoms with E-state index in [1.165, 1.54) is 11.1 Å². The molecule has 7 heteroatoms. The van der Waals surface area contributed by atoms with Crippen LogP contribution in [0.3, 0.4) is 0 Å². The molecule has 19 heavy (non-hydrogen) atoms. The van der Waals surface area contributed by atoms with Crippen LogP contribution in [0.4, 0.5) is 10.5 Å². The number of carbonyl (C=O) groups excluding carboxylic acids is 1. The van der Waals surface area contributed by atoms with Crippen molar-refractivity contribution in [3.8, 4) is 0 Å². The molecule has 2 N–H and O–H groups in total. The Hall–Kier alpha value is -0.850. The highest BCUT2D eigenvalue weighted by Crippen LogP contribution is 2.33. The van der Waals surface area contributed by atoms with Gasteiger partial charge in [0.05, 0.1) is 27.5 Å². The Kier molecular flexibility index (Phi) is 4.65. The first-order valence-corrected chi connectivity index (χ1v) is 7.15. The maximum atomic E-state index is 12.0. The van der Waals surface area contributed by atoms with Gasteiger partial charge in [0.2, 0.25) is 0 Å². The molecule has 0 bridgehead atoms. The predicted octanol–water partition coefficient (Wildman–Crippen LogP) is 2.73. The predicted molar refractivity (Wildman–Crippen MR) is 77.3 cm³/mol. The molecule has 1 aliphatic rings. The van der Waals surface area contributed by atoms with Gasteiger partial charge in [-0.3, -0.25) is 4.98 Å². The first-order valence-electron chi connectivity index (χ1n) is 5.98. The number of carbonyl (C=O) groups is 1. The Morgan fingerprint density at radius 2 is 2.37 bits per heavy atom. The Morgan fingerprint density at radius 1 is 1.68 bits per heavy atom. The number of nitrogens with zero attached hydrogens (tertiary/aromatic N) is 2. The molecule has 0 radical (unpaired) electrons. The largest absolute Gasteiger partial charge is 0.391 e. The molecule has 1 saturated carbocycles. The minimum Gasteiger partial charge on any atom is -0.391 e. The van der Waals surface area contributed by atoms with E-state index in [2.05, 4.69) is 26.2 Å². The molecule has 2 amide bonds. The van der Waals surface area contributed by atoms with Crippen molar-refractivity contribution in [2.45, 2.75) is 18.9 Å². The summed E-state index contributed by atoms with van der Waals surface area (Å²) in [4.78, 5) is 17.3. The second-order valence-corrected chi connectivity index (χ2v) is 5.93. The topological polar surface area (TPSA) is 65.5 Å². The number of hydrogen-bond acceptors (Lipinski definition) is 3. The van der Waals surface area contributed by atoms with Crippen LogP contribution in [0.5, 0.6) is 0 Å². The molecule has 0 aromatic carbocycles. The number of rotatable bonds is 4. The summed E-state index contributed by atoms with van der Waals surface area (Å²) in [5.41, 5.74) is 0.439. The quantitative estimate of drug-likeness (QED) is 0.879. The van der Waals surface area contributed by atoms with Crippen LogP contribution in [0.2, 0.25) is 5.02 Å². The number of hydrogen-bond donors (Lipinski definition) is 2. The van der Waals surface area contributed by atoms with Crippen LogP contribution in [0, 0.1) is 5.92 Å². The zero-order chi connectivity index (χ0) is 14.0. The lowest BCUT2D eigenvalue weighted by Gasteiger charge is -2.21.